The number of para-hydroxylation sites is 1. The Morgan fingerprint density at radius 2 is 2.00 bits per heavy atom. The fourth-order valence-corrected chi connectivity index (χ4v) is 2.31. The molecule has 0 atom stereocenters. The number of hydrogen-bond acceptors (Lipinski definition) is 6. The van der Waals surface area contributed by atoms with Crippen molar-refractivity contribution in [2.45, 2.75) is 6.42 Å². The molecule has 0 aliphatic heterocycles. The van der Waals surface area contributed by atoms with Gasteiger partial charge >= 0.3 is 5.97 Å². The molecular formula is C21H20N2O5. The van der Waals surface area contributed by atoms with Gasteiger partial charge in [-0.25, -0.2) is 4.79 Å². The van der Waals surface area contributed by atoms with Gasteiger partial charge in [-0.1, -0.05) is 18.2 Å². The second kappa shape index (κ2) is 10.4. The standard InChI is InChI=1S/C21H20N2O5/c1-3-4-13-27-19-14-15(9-11-18(19)26-2)10-12-20(24)23-17-8-6-5-7-16(17)21(25)28-22/h1,5-12,14H,4,13,22H2,2H3,(H,23,24)/b12-10+. The monoisotopic (exact) mass is 380 g/mol. The topological polar surface area (TPSA) is 99.9 Å². The molecule has 0 aliphatic rings. The third-order valence-corrected chi connectivity index (χ3v) is 3.63. The zero-order chi connectivity index (χ0) is 20.4. The van der Waals surface area contributed by atoms with E-state index in [-0.39, 0.29) is 5.56 Å². The summed E-state index contributed by atoms with van der Waals surface area (Å²) in [5.74, 6) is 7.32. The van der Waals surface area contributed by atoms with E-state index >= 15 is 0 Å². The van der Waals surface area contributed by atoms with Gasteiger partial charge in [-0.15, -0.1) is 12.3 Å². The summed E-state index contributed by atoms with van der Waals surface area (Å²) in [4.78, 5) is 28.1. The van der Waals surface area contributed by atoms with E-state index in [1.165, 1.54) is 19.3 Å². The van der Waals surface area contributed by atoms with Crippen molar-refractivity contribution in [3.8, 4) is 23.8 Å². The third-order valence-electron chi connectivity index (χ3n) is 3.63. The molecule has 0 saturated carbocycles. The normalized spacial score (nSPS) is 10.2. The van der Waals surface area contributed by atoms with Crippen LogP contribution in [0.1, 0.15) is 22.3 Å². The Labute approximate surface area is 163 Å². The lowest BCUT2D eigenvalue weighted by Crippen LogP contribution is -2.15. The molecule has 0 heterocycles. The third kappa shape index (κ3) is 5.62. The predicted molar refractivity (Wildman–Crippen MR) is 106 cm³/mol. The highest BCUT2D eigenvalue weighted by Gasteiger charge is 2.12. The van der Waals surface area contributed by atoms with E-state index in [4.69, 9.17) is 21.8 Å². The number of nitrogens with two attached hydrogens (primary N) is 1. The largest absolute Gasteiger partial charge is 0.493 e. The van der Waals surface area contributed by atoms with Crippen molar-refractivity contribution in [3.63, 3.8) is 0 Å². The molecule has 7 heteroatoms. The molecule has 144 valence electrons. The summed E-state index contributed by atoms with van der Waals surface area (Å²) in [5, 5.41) is 2.61. The molecule has 28 heavy (non-hydrogen) atoms. The number of methoxy groups -OCH3 is 1. The Hall–Kier alpha value is -3.76. The fraction of sp³-hybridized carbons (Fsp3) is 0.143. The Bertz CT molecular complexity index is 915. The van der Waals surface area contributed by atoms with E-state index in [2.05, 4.69) is 16.1 Å². The average molecular weight is 380 g/mol. The molecule has 7 nitrogen and oxygen atoms in total. The predicted octanol–water partition coefficient (Wildman–Crippen LogP) is 2.78. The molecule has 0 unspecified atom stereocenters. The van der Waals surface area contributed by atoms with Crippen molar-refractivity contribution in [2.24, 2.45) is 5.90 Å². The smallest absolute Gasteiger partial charge is 0.358 e. The molecule has 0 aliphatic carbocycles. The number of carbonyl (C=O) groups is 2. The Morgan fingerprint density at radius 1 is 1.21 bits per heavy atom. The summed E-state index contributed by atoms with van der Waals surface area (Å²) in [5.41, 5.74) is 1.17. The molecule has 0 spiro atoms. The fourth-order valence-electron chi connectivity index (χ4n) is 2.31. The van der Waals surface area contributed by atoms with Crippen LogP contribution in [0, 0.1) is 12.3 Å². The van der Waals surface area contributed by atoms with Crippen LogP contribution in [0.25, 0.3) is 6.08 Å². The van der Waals surface area contributed by atoms with Crippen LogP contribution in [0.3, 0.4) is 0 Å². The lowest BCUT2D eigenvalue weighted by Gasteiger charge is -2.10. The molecular weight excluding hydrogens is 360 g/mol. The second-order valence-electron chi connectivity index (χ2n) is 5.49. The SMILES string of the molecule is C#CCCOc1cc(/C=C/C(=O)Nc2ccccc2C(=O)ON)ccc1OC. The van der Waals surface area contributed by atoms with E-state index in [9.17, 15) is 9.59 Å². The molecule has 3 N–H and O–H groups in total. The molecule has 0 saturated heterocycles. The van der Waals surface area contributed by atoms with Crippen LogP contribution < -0.4 is 20.7 Å². The summed E-state index contributed by atoms with van der Waals surface area (Å²) in [6.07, 6.45) is 8.63. The quantitative estimate of drug-likeness (QED) is 0.316. The number of hydrogen-bond donors (Lipinski definition) is 2. The van der Waals surface area contributed by atoms with Crippen molar-refractivity contribution in [1.82, 2.24) is 0 Å². The average Bonchev–Trinajstić information content (AvgIpc) is 2.72. The first-order valence-corrected chi connectivity index (χ1v) is 8.32. The first-order chi connectivity index (χ1) is 13.6. The number of benzene rings is 2. The summed E-state index contributed by atoms with van der Waals surface area (Å²) < 4.78 is 10.8. The maximum absolute atomic E-state index is 12.2. The van der Waals surface area contributed by atoms with E-state index in [0.717, 1.165) is 5.56 Å². The molecule has 0 radical (unpaired) electrons. The van der Waals surface area contributed by atoms with Crippen LogP contribution in [-0.2, 0) is 9.63 Å². The van der Waals surface area contributed by atoms with E-state index in [1.54, 1.807) is 42.5 Å². The van der Waals surface area contributed by atoms with Crippen LogP contribution in [0.5, 0.6) is 11.5 Å². The number of ether oxygens (including phenoxy) is 2. The molecule has 2 aromatic rings. The molecule has 0 fully saturated rings. The zero-order valence-corrected chi connectivity index (χ0v) is 15.3. The van der Waals surface area contributed by atoms with Gasteiger partial charge in [-0.05, 0) is 35.9 Å². The van der Waals surface area contributed by atoms with Crippen molar-refractivity contribution >= 4 is 23.6 Å². The van der Waals surface area contributed by atoms with Crippen molar-refractivity contribution in [1.29, 1.82) is 0 Å². The molecule has 2 rings (SSSR count). The van der Waals surface area contributed by atoms with Crippen molar-refractivity contribution in [3.05, 3.63) is 59.7 Å². The molecule has 2 aromatic carbocycles. The summed E-state index contributed by atoms with van der Waals surface area (Å²) in [6.45, 7) is 0.356. The number of nitrogens with one attached hydrogen (secondary N) is 1. The van der Waals surface area contributed by atoms with Gasteiger partial charge in [0.1, 0.15) is 0 Å². The van der Waals surface area contributed by atoms with Crippen LogP contribution in [0.15, 0.2) is 48.5 Å². The Kier molecular flexibility index (Phi) is 7.64. The van der Waals surface area contributed by atoms with Crippen LogP contribution in [0.4, 0.5) is 5.69 Å². The first-order valence-electron chi connectivity index (χ1n) is 8.32. The molecule has 0 bridgehead atoms. The maximum atomic E-state index is 12.2. The number of terminal acetylenes is 1. The van der Waals surface area contributed by atoms with Gasteiger partial charge < -0.3 is 19.6 Å². The van der Waals surface area contributed by atoms with Crippen LogP contribution in [-0.4, -0.2) is 25.6 Å². The second-order valence-corrected chi connectivity index (χ2v) is 5.49. The molecule has 0 aromatic heterocycles. The number of carbonyl (C=O) groups excluding carboxylic acids is 2. The van der Waals surface area contributed by atoms with Crippen molar-refractivity contribution in [2.75, 3.05) is 19.0 Å². The van der Waals surface area contributed by atoms with E-state index in [0.29, 0.717) is 30.2 Å². The van der Waals surface area contributed by atoms with E-state index < -0.39 is 11.9 Å². The zero-order valence-electron chi connectivity index (χ0n) is 15.3. The Morgan fingerprint density at radius 3 is 2.71 bits per heavy atom. The van der Waals surface area contributed by atoms with Gasteiger partial charge in [0.2, 0.25) is 5.91 Å². The number of anilines is 1. The van der Waals surface area contributed by atoms with Gasteiger partial charge in [0.05, 0.1) is 25.0 Å². The lowest BCUT2D eigenvalue weighted by molar-refractivity contribution is -0.111. The summed E-state index contributed by atoms with van der Waals surface area (Å²) >= 11 is 0. The molecule has 1 amide bonds. The van der Waals surface area contributed by atoms with E-state index in [1.807, 2.05) is 0 Å². The first kappa shape index (κ1) is 20.6. The Balaban J connectivity index is 2.11. The number of amides is 1. The maximum Gasteiger partial charge on any atom is 0.358 e. The minimum atomic E-state index is -0.746. The van der Waals surface area contributed by atoms with Crippen molar-refractivity contribution < 1.29 is 23.9 Å². The summed E-state index contributed by atoms with van der Waals surface area (Å²) in [7, 11) is 1.54. The highest BCUT2D eigenvalue weighted by molar-refractivity contribution is 6.06. The van der Waals surface area contributed by atoms with Gasteiger partial charge in [0, 0.05) is 12.5 Å². The number of rotatable bonds is 8. The summed E-state index contributed by atoms with van der Waals surface area (Å²) in [6, 6.07) is 11.6. The minimum absolute atomic E-state index is 0.153. The highest BCUT2D eigenvalue weighted by atomic mass is 16.7. The van der Waals surface area contributed by atoms with Crippen LogP contribution in [0.2, 0.25) is 0 Å². The van der Waals surface area contributed by atoms with Gasteiger partial charge in [-0.3, -0.25) is 4.79 Å². The highest BCUT2D eigenvalue weighted by Crippen LogP contribution is 2.28. The van der Waals surface area contributed by atoms with Gasteiger partial charge in [-0.2, -0.15) is 5.90 Å². The lowest BCUT2D eigenvalue weighted by atomic mass is 10.1. The minimum Gasteiger partial charge on any atom is -0.493 e. The van der Waals surface area contributed by atoms with Gasteiger partial charge in [0.15, 0.2) is 11.5 Å². The van der Waals surface area contributed by atoms with Gasteiger partial charge in [0.25, 0.3) is 0 Å². The van der Waals surface area contributed by atoms with Crippen LogP contribution >= 0.6 is 0 Å².